The summed E-state index contributed by atoms with van der Waals surface area (Å²) in [7, 11) is 3.74. The van der Waals surface area contributed by atoms with Gasteiger partial charge in [-0.05, 0) is 28.3 Å². The first-order valence-corrected chi connectivity index (χ1v) is 10.2. The lowest BCUT2D eigenvalue weighted by molar-refractivity contribution is 0.180. The van der Waals surface area contributed by atoms with Gasteiger partial charge in [0.1, 0.15) is 0 Å². The highest BCUT2D eigenvalue weighted by atomic mass is 16.5. The zero-order chi connectivity index (χ0) is 20.9. The van der Waals surface area contributed by atoms with E-state index in [1.54, 1.807) is 7.11 Å². The molecule has 2 aromatic heterocycles. The van der Waals surface area contributed by atoms with Gasteiger partial charge in [-0.2, -0.15) is 10.3 Å². The normalized spacial score (nSPS) is 11.2. The Morgan fingerprint density at radius 3 is 2.47 bits per heavy atom. The molecule has 0 aliphatic carbocycles. The van der Waals surface area contributed by atoms with E-state index in [0.717, 1.165) is 41.6 Å². The van der Waals surface area contributed by atoms with Gasteiger partial charge in [0.05, 0.1) is 12.3 Å². The summed E-state index contributed by atoms with van der Waals surface area (Å²) in [5.74, 6) is 0.596. The molecule has 7 heteroatoms. The summed E-state index contributed by atoms with van der Waals surface area (Å²) in [6, 6.07) is 16.8. The first kappa shape index (κ1) is 20.0. The van der Waals surface area contributed by atoms with Crippen LogP contribution in [0.3, 0.4) is 0 Å². The van der Waals surface area contributed by atoms with Crippen molar-refractivity contribution in [3.63, 3.8) is 0 Å². The molecule has 0 amide bonds. The lowest BCUT2D eigenvalue weighted by atomic mass is 9.96. The Bertz CT molecular complexity index is 1100. The minimum Gasteiger partial charge on any atom is -0.378 e. The topological polar surface area (TPSA) is 81.5 Å². The summed E-state index contributed by atoms with van der Waals surface area (Å²) in [6.45, 7) is 2.73. The van der Waals surface area contributed by atoms with E-state index in [9.17, 15) is 0 Å². The van der Waals surface area contributed by atoms with Crippen molar-refractivity contribution in [1.29, 1.82) is 0 Å². The molecule has 0 bridgehead atoms. The SMILES string of the molecule is CCCc1c(Cc2ccc(-c3ccccc3-c3nn[nH]n3)cc2)c(COC)nn1C. The Labute approximate surface area is 176 Å². The minimum absolute atomic E-state index is 0.531. The van der Waals surface area contributed by atoms with Crippen LogP contribution in [0.5, 0.6) is 0 Å². The van der Waals surface area contributed by atoms with Crippen molar-refractivity contribution in [1.82, 2.24) is 30.4 Å². The molecule has 0 radical (unpaired) electrons. The zero-order valence-corrected chi connectivity index (χ0v) is 17.6. The van der Waals surface area contributed by atoms with E-state index in [1.807, 2.05) is 29.9 Å². The van der Waals surface area contributed by atoms with E-state index in [1.165, 1.54) is 16.8 Å². The van der Waals surface area contributed by atoms with Gasteiger partial charge in [-0.1, -0.05) is 61.9 Å². The highest BCUT2D eigenvalue weighted by Crippen LogP contribution is 2.30. The maximum absolute atomic E-state index is 5.38. The number of rotatable bonds is 8. The number of aromatic amines is 1. The molecule has 4 aromatic rings. The van der Waals surface area contributed by atoms with Crippen LogP contribution in [0, 0.1) is 0 Å². The van der Waals surface area contributed by atoms with Gasteiger partial charge < -0.3 is 4.74 Å². The summed E-state index contributed by atoms with van der Waals surface area (Å²) < 4.78 is 7.39. The van der Waals surface area contributed by atoms with Crippen LogP contribution in [-0.4, -0.2) is 37.5 Å². The molecule has 0 aliphatic heterocycles. The number of aromatic nitrogens is 6. The van der Waals surface area contributed by atoms with Crippen LogP contribution >= 0.6 is 0 Å². The Balaban J connectivity index is 1.64. The molecule has 0 fully saturated rings. The number of aryl methyl sites for hydroxylation is 1. The fourth-order valence-electron chi connectivity index (χ4n) is 3.88. The number of H-pyrrole nitrogens is 1. The van der Waals surface area contributed by atoms with Crippen LogP contribution in [0.2, 0.25) is 0 Å². The number of hydrogen-bond acceptors (Lipinski definition) is 5. The second-order valence-corrected chi connectivity index (χ2v) is 7.33. The average molecular weight is 403 g/mol. The van der Waals surface area contributed by atoms with Crippen molar-refractivity contribution in [2.24, 2.45) is 7.05 Å². The standard InChI is InChI=1S/C23H26N6O/c1-4-7-22-20(21(15-30-3)26-29(22)2)14-16-10-12-17(13-11-16)18-8-5-6-9-19(18)23-24-27-28-25-23/h5-6,8-13H,4,7,14-15H2,1-3H3,(H,24,25,27,28). The third kappa shape index (κ3) is 4.02. The lowest BCUT2D eigenvalue weighted by Gasteiger charge is -2.10. The second-order valence-electron chi connectivity index (χ2n) is 7.33. The van der Waals surface area contributed by atoms with Crippen LogP contribution in [0.4, 0.5) is 0 Å². The van der Waals surface area contributed by atoms with Gasteiger partial charge in [-0.3, -0.25) is 4.68 Å². The maximum atomic E-state index is 5.38. The van der Waals surface area contributed by atoms with E-state index in [0.29, 0.717) is 12.4 Å². The molecule has 4 rings (SSSR count). The molecule has 30 heavy (non-hydrogen) atoms. The third-order valence-corrected chi connectivity index (χ3v) is 5.29. The van der Waals surface area contributed by atoms with E-state index in [2.05, 4.69) is 63.0 Å². The molecule has 0 aliphatic rings. The number of nitrogens with zero attached hydrogens (tertiary/aromatic N) is 5. The molecule has 0 unspecified atom stereocenters. The number of methoxy groups -OCH3 is 1. The predicted molar refractivity (Wildman–Crippen MR) is 116 cm³/mol. The van der Waals surface area contributed by atoms with Crippen LogP contribution in [0.15, 0.2) is 48.5 Å². The van der Waals surface area contributed by atoms with Crippen molar-refractivity contribution < 1.29 is 4.74 Å². The monoisotopic (exact) mass is 402 g/mol. The van der Waals surface area contributed by atoms with Crippen molar-refractivity contribution in [2.75, 3.05) is 7.11 Å². The van der Waals surface area contributed by atoms with Crippen molar-refractivity contribution >= 4 is 0 Å². The number of ether oxygens (including phenoxy) is 1. The third-order valence-electron chi connectivity index (χ3n) is 5.29. The van der Waals surface area contributed by atoms with Gasteiger partial charge >= 0.3 is 0 Å². The van der Waals surface area contributed by atoms with Gasteiger partial charge in [-0.15, -0.1) is 10.2 Å². The molecule has 1 N–H and O–H groups in total. The quantitative estimate of drug-likeness (QED) is 0.482. The van der Waals surface area contributed by atoms with E-state index >= 15 is 0 Å². The van der Waals surface area contributed by atoms with Gasteiger partial charge in [0.15, 0.2) is 0 Å². The molecule has 2 heterocycles. The predicted octanol–water partition coefficient (Wildman–Crippen LogP) is 3.96. The molecule has 0 spiro atoms. The lowest BCUT2D eigenvalue weighted by Crippen LogP contribution is -2.01. The van der Waals surface area contributed by atoms with Gasteiger partial charge in [0.2, 0.25) is 5.82 Å². The first-order chi connectivity index (χ1) is 14.7. The first-order valence-electron chi connectivity index (χ1n) is 10.2. The molecular weight excluding hydrogens is 376 g/mol. The van der Waals surface area contributed by atoms with Crippen LogP contribution in [-0.2, 0) is 31.2 Å². The summed E-state index contributed by atoms with van der Waals surface area (Å²) in [5.41, 5.74) is 8.00. The smallest absolute Gasteiger partial charge is 0.205 e. The minimum atomic E-state index is 0.531. The molecule has 2 aromatic carbocycles. The Morgan fingerprint density at radius 1 is 1.03 bits per heavy atom. The van der Waals surface area contributed by atoms with Gasteiger partial charge in [-0.25, -0.2) is 0 Å². The fourth-order valence-corrected chi connectivity index (χ4v) is 3.88. The largest absolute Gasteiger partial charge is 0.378 e. The van der Waals surface area contributed by atoms with Crippen molar-refractivity contribution in [3.05, 3.63) is 71.0 Å². The van der Waals surface area contributed by atoms with Crippen LogP contribution < -0.4 is 0 Å². The highest BCUT2D eigenvalue weighted by Gasteiger charge is 2.16. The molecular formula is C23H26N6O. The van der Waals surface area contributed by atoms with Crippen molar-refractivity contribution in [2.45, 2.75) is 32.8 Å². The van der Waals surface area contributed by atoms with Crippen LogP contribution in [0.25, 0.3) is 22.5 Å². The van der Waals surface area contributed by atoms with E-state index < -0.39 is 0 Å². The summed E-state index contributed by atoms with van der Waals surface area (Å²) in [6.07, 6.45) is 2.94. The van der Waals surface area contributed by atoms with Gasteiger partial charge in [0.25, 0.3) is 0 Å². The Hall–Kier alpha value is -3.32. The number of hydrogen-bond donors (Lipinski definition) is 1. The summed E-state index contributed by atoms with van der Waals surface area (Å²) >= 11 is 0. The molecule has 154 valence electrons. The number of nitrogens with one attached hydrogen (secondary N) is 1. The van der Waals surface area contributed by atoms with Crippen molar-refractivity contribution in [3.8, 4) is 22.5 Å². The fraction of sp³-hybridized carbons (Fsp3) is 0.304. The number of tetrazole rings is 1. The zero-order valence-electron chi connectivity index (χ0n) is 17.6. The number of benzene rings is 2. The average Bonchev–Trinajstić information content (AvgIpc) is 3.40. The van der Waals surface area contributed by atoms with E-state index in [4.69, 9.17) is 4.74 Å². The molecule has 7 nitrogen and oxygen atoms in total. The van der Waals surface area contributed by atoms with E-state index in [-0.39, 0.29) is 0 Å². The molecule has 0 atom stereocenters. The molecule has 0 saturated heterocycles. The summed E-state index contributed by atoms with van der Waals surface area (Å²) in [4.78, 5) is 0. The van der Waals surface area contributed by atoms with Crippen LogP contribution in [0.1, 0.15) is 35.9 Å². The molecule has 0 saturated carbocycles. The van der Waals surface area contributed by atoms with Gasteiger partial charge in [0, 0.05) is 37.4 Å². The Kier molecular flexibility index (Phi) is 5.99. The Morgan fingerprint density at radius 2 is 1.80 bits per heavy atom. The highest BCUT2D eigenvalue weighted by molar-refractivity contribution is 5.80. The summed E-state index contributed by atoms with van der Waals surface area (Å²) in [5, 5.41) is 19.2. The second kappa shape index (κ2) is 9.00. The maximum Gasteiger partial charge on any atom is 0.205 e.